The Bertz CT molecular complexity index is 1160. The number of aryl methyl sites for hydroxylation is 2. The fourth-order valence-electron chi connectivity index (χ4n) is 4.77. The number of aromatic nitrogens is 2. The van der Waals surface area contributed by atoms with Crippen LogP contribution in [0.15, 0.2) is 23.0 Å². The smallest absolute Gasteiger partial charge is 0.410 e. The van der Waals surface area contributed by atoms with Gasteiger partial charge in [0, 0.05) is 27.1 Å². The number of nitrogens with zero attached hydrogens (tertiary/aromatic N) is 3. The number of rotatable bonds is 9. The van der Waals surface area contributed by atoms with E-state index < -0.39 is 17.6 Å². The zero-order valence-electron chi connectivity index (χ0n) is 22.3. The lowest BCUT2D eigenvalue weighted by Gasteiger charge is -2.24. The minimum Gasteiger partial charge on any atom is -0.444 e. The van der Waals surface area contributed by atoms with Gasteiger partial charge in [-0.3, -0.25) is 24.0 Å². The number of imide groups is 1. The predicted octanol–water partition coefficient (Wildman–Crippen LogP) is 4.07. The Morgan fingerprint density at radius 3 is 2.53 bits per heavy atom. The number of carbonyl (C=O) groups excluding carboxylic acids is 3. The molecule has 1 saturated heterocycles. The Balaban J connectivity index is 1.56. The minimum atomic E-state index is -0.679. The topological polar surface area (TPSA) is 103 Å². The van der Waals surface area contributed by atoms with Crippen LogP contribution in [-0.4, -0.2) is 51.1 Å². The third kappa shape index (κ3) is 6.77. The van der Waals surface area contributed by atoms with Gasteiger partial charge in [-0.25, -0.2) is 9.59 Å². The van der Waals surface area contributed by atoms with Crippen LogP contribution in [0.5, 0.6) is 0 Å². The summed E-state index contributed by atoms with van der Waals surface area (Å²) in [4.78, 5) is 51.2. The summed E-state index contributed by atoms with van der Waals surface area (Å²) in [6.07, 6.45) is 6.92. The van der Waals surface area contributed by atoms with Crippen molar-refractivity contribution in [2.24, 2.45) is 7.05 Å². The lowest BCUT2D eigenvalue weighted by molar-refractivity contribution is -0.131. The Morgan fingerprint density at radius 2 is 1.81 bits per heavy atom. The largest absolute Gasteiger partial charge is 0.444 e. The van der Waals surface area contributed by atoms with E-state index in [9.17, 15) is 19.2 Å². The van der Waals surface area contributed by atoms with Gasteiger partial charge in [0.2, 0.25) is 11.8 Å². The first kappa shape index (κ1) is 27.5. The second-order valence-corrected chi connectivity index (χ2v) is 10.7. The van der Waals surface area contributed by atoms with E-state index in [1.165, 1.54) is 0 Å². The number of unbranched alkanes of at least 4 members (excludes halogenated alkanes) is 4. The molecule has 0 bridgehead atoms. The van der Waals surface area contributed by atoms with Crippen LogP contribution in [0.3, 0.4) is 0 Å². The number of fused-ring (bicyclic) bond motifs is 1. The molecule has 2 aromatic rings. The van der Waals surface area contributed by atoms with Gasteiger partial charge in [0.05, 0.1) is 11.0 Å². The monoisotopic (exact) mass is 500 g/mol. The molecule has 1 aliphatic heterocycles. The highest BCUT2D eigenvalue weighted by Crippen LogP contribution is 2.26. The van der Waals surface area contributed by atoms with Gasteiger partial charge >= 0.3 is 11.8 Å². The van der Waals surface area contributed by atoms with Gasteiger partial charge in [-0.2, -0.15) is 0 Å². The molecule has 1 aromatic carbocycles. The normalized spacial score (nSPS) is 16.6. The van der Waals surface area contributed by atoms with Gasteiger partial charge in [0.15, 0.2) is 0 Å². The van der Waals surface area contributed by atoms with E-state index in [1.807, 2.05) is 39.0 Å². The highest BCUT2D eigenvalue weighted by atomic mass is 16.6. The van der Waals surface area contributed by atoms with Crippen LogP contribution in [0, 0.1) is 0 Å². The van der Waals surface area contributed by atoms with Crippen molar-refractivity contribution in [1.82, 2.24) is 19.4 Å². The lowest BCUT2D eigenvalue weighted by atomic mass is 10.0. The molecule has 0 aliphatic carbocycles. The average molecular weight is 501 g/mol. The number of carbonyl (C=O) groups is 3. The quantitative estimate of drug-likeness (QED) is 0.413. The fourth-order valence-corrected chi connectivity index (χ4v) is 4.77. The first-order valence-corrected chi connectivity index (χ1v) is 13.0. The molecule has 1 aromatic heterocycles. The van der Waals surface area contributed by atoms with Gasteiger partial charge in [0.25, 0.3) is 0 Å². The molecule has 3 amide bonds. The number of para-hydroxylation sites is 1. The molecule has 1 fully saturated rings. The van der Waals surface area contributed by atoms with E-state index in [1.54, 1.807) is 28.1 Å². The molecular formula is C27H40N4O5. The van der Waals surface area contributed by atoms with Crippen molar-refractivity contribution in [3.8, 4) is 0 Å². The number of hydrogen-bond acceptors (Lipinski definition) is 5. The number of hydrogen-bond donors (Lipinski definition) is 1. The molecule has 1 aliphatic rings. The standard InChI is InChI=1S/C27H40N4O5/c1-27(2,3)36-26(35)29(4)18-10-8-6-7-9-13-19-14-11-15-20-23(19)30(5)25(34)31(20)21-16-12-17-22(32)28-24(21)33/h11,14-15,21H,6-10,12-13,16-18H2,1-5H3,(H,28,32,33). The third-order valence-corrected chi connectivity index (χ3v) is 6.59. The number of ether oxygens (including phenoxy) is 1. The highest BCUT2D eigenvalue weighted by Gasteiger charge is 2.29. The van der Waals surface area contributed by atoms with E-state index in [0.717, 1.165) is 55.1 Å². The van der Waals surface area contributed by atoms with E-state index in [0.29, 0.717) is 25.8 Å². The van der Waals surface area contributed by atoms with E-state index in [4.69, 9.17) is 4.74 Å². The second kappa shape index (κ2) is 11.8. The summed E-state index contributed by atoms with van der Waals surface area (Å²) in [6, 6.07) is 5.17. The van der Waals surface area contributed by atoms with Crippen molar-refractivity contribution >= 4 is 28.9 Å². The Kier molecular flexibility index (Phi) is 8.98. The third-order valence-electron chi connectivity index (χ3n) is 6.59. The van der Waals surface area contributed by atoms with E-state index >= 15 is 0 Å². The van der Waals surface area contributed by atoms with Gasteiger partial charge in [-0.15, -0.1) is 0 Å². The van der Waals surface area contributed by atoms with Crippen LogP contribution in [0.4, 0.5) is 4.79 Å². The molecule has 1 atom stereocenters. The summed E-state index contributed by atoms with van der Waals surface area (Å²) < 4.78 is 8.55. The Hall–Kier alpha value is -3.10. The van der Waals surface area contributed by atoms with Crippen LogP contribution in [-0.2, 0) is 27.8 Å². The molecule has 0 saturated carbocycles. The SMILES string of the molecule is CN(CCCCCCCc1cccc2c1n(C)c(=O)n2C1CCCC(=O)NC1=O)C(=O)OC(C)(C)C. The summed E-state index contributed by atoms with van der Waals surface area (Å²) in [7, 11) is 3.51. The summed E-state index contributed by atoms with van der Waals surface area (Å²) in [5.74, 6) is -0.692. The van der Waals surface area contributed by atoms with Crippen LogP contribution in [0.1, 0.15) is 83.7 Å². The molecule has 2 heterocycles. The minimum absolute atomic E-state index is 0.235. The molecule has 198 valence electrons. The summed E-state index contributed by atoms with van der Waals surface area (Å²) in [5.41, 5.74) is 1.95. The molecule has 9 nitrogen and oxygen atoms in total. The number of benzene rings is 1. The van der Waals surface area contributed by atoms with Crippen LogP contribution >= 0.6 is 0 Å². The van der Waals surface area contributed by atoms with Crippen molar-refractivity contribution < 1.29 is 19.1 Å². The first-order valence-electron chi connectivity index (χ1n) is 13.0. The summed E-state index contributed by atoms with van der Waals surface area (Å²) in [6.45, 7) is 6.26. The molecule has 3 rings (SSSR count). The zero-order chi connectivity index (χ0) is 26.5. The second-order valence-electron chi connectivity index (χ2n) is 10.7. The van der Waals surface area contributed by atoms with Crippen molar-refractivity contribution in [2.75, 3.05) is 13.6 Å². The summed E-state index contributed by atoms with van der Waals surface area (Å²) >= 11 is 0. The number of imidazole rings is 1. The van der Waals surface area contributed by atoms with Crippen LogP contribution < -0.4 is 11.0 Å². The van der Waals surface area contributed by atoms with Crippen LogP contribution in [0.25, 0.3) is 11.0 Å². The number of nitrogens with one attached hydrogen (secondary N) is 1. The van der Waals surface area contributed by atoms with Gasteiger partial charge in [-0.05, 0) is 64.5 Å². The molecule has 36 heavy (non-hydrogen) atoms. The molecule has 1 unspecified atom stereocenters. The predicted molar refractivity (Wildman–Crippen MR) is 139 cm³/mol. The fraction of sp³-hybridized carbons (Fsp3) is 0.630. The van der Waals surface area contributed by atoms with E-state index in [-0.39, 0.29) is 17.7 Å². The molecule has 1 N–H and O–H groups in total. The van der Waals surface area contributed by atoms with Gasteiger partial charge in [0.1, 0.15) is 11.6 Å². The van der Waals surface area contributed by atoms with Crippen molar-refractivity contribution in [1.29, 1.82) is 0 Å². The maximum atomic E-state index is 13.1. The molecule has 9 heteroatoms. The average Bonchev–Trinajstić information content (AvgIpc) is 2.93. The highest BCUT2D eigenvalue weighted by molar-refractivity contribution is 5.98. The Morgan fingerprint density at radius 1 is 1.11 bits per heavy atom. The van der Waals surface area contributed by atoms with Crippen molar-refractivity contribution in [2.45, 2.75) is 90.2 Å². The summed E-state index contributed by atoms with van der Waals surface area (Å²) in [5, 5.41) is 2.41. The Labute approximate surface area is 212 Å². The zero-order valence-corrected chi connectivity index (χ0v) is 22.3. The van der Waals surface area contributed by atoms with Crippen molar-refractivity contribution in [3.05, 3.63) is 34.2 Å². The first-order chi connectivity index (χ1) is 17.0. The van der Waals surface area contributed by atoms with Crippen LogP contribution in [0.2, 0.25) is 0 Å². The maximum Gasteiger partial charge on any atom is 0.410 e. The van der Waals surface area contributed by atoms with Gasteiger partial charge < -0.3 is 9.64 Å². The van der Waals surface area contributed by atoms with Gasteiger partial charge in [-0.1, -0.05) is 31.4 Å². The molecule has 0 radical (unpaired) electrons. The van der Waals surface area contributed by atoms with E-state index in [2.05, 4.69) is 5.32 Å². The number of amides is 3. The molecular weight excluding hydrogens is 460 g/mol. The maximum absolute atomic E-state index is 13.1. The van der Waals surface area contributed by atoms with Crippen molar-refractivity contribution in [3.63, 3.8) is 0 Å². The lowest BCUT2D eigenvalue weighted by Crippen LogP contribution is -2.38. The molecule has 0 spiro atoms.